The van der Waals surface area contributed by atoms with Crippen LogP contribution in [-0.4, -0.2) is 46.8 Å². The quantitative estimate of drug-likeness (QED) is 0.150. The summed E-state index contributed by atoms with van der Waals surface area (Å²) in [6, 6.07) is 21.0. The maximum atomic E-state index is 13.1. The van der Waals surface area contributed by atoms with Crippen LogP contribution in [0.2, 0.25) is 0 Å². The Labute approximate surface area is 256 Å². The highest BCUT2D eigenvalue weighted by Crippen LogP contribution is 2.24. The van der Waals surface area contributed by atoms with Gasteiger partial charge in [0.15, 0.2) is 5.78 Å². The number of carbonyl (C=O) groups is 5. The highest BCUT2D eigenvalue weighted by Gasteiger charge is 2.22. The van der Waals surface area contributed by atoms with Crippen LogP contribution in [-0.2, 0) is 0 Å². The second-order valence-electron chi connectivity index (χ2n) is 8.93. The third kappa shape index (κ3) is 8.16. The number of carbonyl (C=O) groups excluding carboxylic acids is 3. The number of rotatable bonds is 9. The number of aromatic carboxylic acids is 2. The second kappa shape index (κ2) is 15.5. The Morgan fingerprint density at radius 1 is 0.591 bits per heavy atom. The summed E-state index contributed by atoms with van der Waals surface area (Å²) in [4.78, 5) is 61.7. The number of carboxylic acids is 2. The predicted octanol–water partition coefficient (Wildman–Crippen LogP) is 6.93. The lowest BCUT2D eigenvalue weighted by molar-refractivity contribution is 0.0683. The lowest BCUT2D eigenvalue weighted by atomic mass is 9.95. The van der Waals surface area contributed by atoms with E-state index in [-0.39, 0.29) is 50.1 Å². The Kier molecular flexibility index (Phi) is 12.7. The van der Waals surface area contributed by atoms with Crippen molar-refractivity contribution >= 4 is 35.2 Å². The summed E-state index contributed by atoms with van der Waals surface area (Å²) in [5.41, 5.74) is 0.197. The van der Waals surface area contributed by atoms with Crippen LogP contribution >= 0.6 is 0 Å². The monoisotopic (exact) mass is 600 g/mol. The largest absolute Gasteiger partial charge is 0.478 e. The Balaban J connectivity index is 0.00000323. The van der Waals surface area contributed by atoms with E-state index in [2.05, 4.69) is 10.6 Å². The number of hydrogen-bond acceptors (Lipinski definition) is 6. The van der Waals surface area contributed by atoms with Crippen LogP contribution in [0.25, 0.3) is 0 Å². The zero-order valence-corrected chi connectivity index (χ0v) is 21.9. The van der Waals surface area contributed by atoms with Crippen LogP contribution in [0.5, 0.6) is 11.5 Å². The number of nitrogens with one attached hydrogen (secondary N) is 2. The van der Waals surface area contributed by atoms with E-state index in [1.54, 1.807) is 24.3 Å². The summed E-state index contributed by atoms with van der Waals surface area (Å²) in [7, 11) is 1.34. The molecule has 0 saturated heterocycles. The first-order chi connectivity index (χ1) is 19.6. The van der Waals surface area contributed by atoms with Gasteiger partial charge in [-0.15, -0.1) is 0 Å². The molecule has 0 aliphatic carbocycles. The summed E-state index contributed by atoms with van der Waals surface area (Å²) in [6.07, 6.45) is 0. The normalized spacial score (nSPS) is 9.68. The first-order valence-electron chi connectivity index (χ1n) is 12.2. The number of ether oxygens (including phenoxy) is 1. The number of aryl methyl sites for hydroxylation is 1. The standard InChI is InChI=1S/C31H24N2O8.3CH4/c1-17-3-9-21(10-4-17)41-22-11-7-20(8-12-22)33-29(36)24-14-6-19(16-26(24)31(39)40)27(34)18-5-13-23(28(35)32-2)25(15-18)30(37)38;;;/h3-16H,1-2H3,(H,32,35)(H,33,36)(H,37,38)(H,39,40);3*1H4. The molecule has 0 aliphatic rings. The van der Waals surface area contributed by atoms with E-state index in [1.165, 1.54) is 31.3 Å². The van der Waals surface area contributed by atoms with E-state index < -0.39 is 35.1 Å². The molecule has 0 heterocycles. The molecule has 0 saturated carbocycles. The van der Waals surface area contributed by atoms with Gasteiger partial charge in [-0.25, -0.2) is 9.59 Å². The number of ketones is 1. The van der Waals surface area contributed by atoms with Gasteiger partial charge in [0.1, 0.15) is 11.5 Å². The van der Waals surface area contributed by atoms with E-state index in [9.17, 15) is 34.2 Å². The minimum atomic E-state index is -1.44. The summed E-state index contributed by atoms with van der Waals surface area (Å²) in [5.74, 6) is -3.70. The van der Waals surface area contributed by atoms with Crippen molar-refractivity contribution in [3.8, 4) is 11.5 Å². The van der Waals surface area contributed by atoms with E-state index in [4.69, 9.17) is 4.74 Å². The average molecular weight is 601 g/mol. The fraction of sp³-hybridized carbons (Fsp3) is 0.147. The Morgan fingerprint density at radius 3 is 1.45 bits per heavy atom. The fourth-order valence-corrected chi connectivity index (χ4v) is 3.97. The molecule has 0 aromatic heterocycles. The average Bonchev–Trinajstić information content (AvgIpc) is 2.97. The van der Waals surface area contributed by atoms with Crippen LogP contribution in [0.15, 0.2) is 84.9 Å². The summed E-state index contributed by atoms with van der Waals surface area (Å²) in [6.45, 7) is 1.97. The molecule has 0 unspecified atom stereocenters. The molecule has 4 N–H and O–H groups in total. The maximum Gasteiger partial charge on any atom is 0.336 e. The second-order valence-corrected chi connectivity index (χ2v) is 8.93. The first kappa shape index (κ1) is 36.3. The molecule has 2 amide bonds. The SMILES string of the molecule is C.C.C.CNC(=O)c1ccc(C(=O)c2ccc(C(=O)Nc3ccc(Oc4ccc(C)cc4)cc3)c(C(=O)O)c2)cc1C(=O)O. The van der Waals surface area contributed by atoms with Crippen molar-refractivity contribution in [1.82, 2.24) is 5.32 Å². The molecule has 10 nitrogen and oxygen atoms in total. The molecule has 0 spiro atoms. The molecular weight excluding hydrogens is 564 g/mol. The molecule has 0 radical (unpaired) electrons. The van der Waals surface area contributed by atoms with Crippen molar-refractivity contribution in [3.63, 3.8) is 0 Å². The third-order valence-electron chi connectivity index (χ3n) is 6.11. The van der Waals surface area contributed by atoms with Gasteiger partial charge in [0.05, 0.1) is 22.3 Å². The maximum absolute atomic E-state index is 13.1. The molecule has 0 fully saturated rings. The number of carboxylic acid groups (broad SMARTS) is 2. The number of anilines is 1. The smallest absolute Gasteiger partial charge is 0.336 e. The molecule has 0 atom stereocenters. The molecule has 44 heavy (non-hydrogen) atoms. The minimum Gasteiger partial charge on any atom is -0.478 e. The number of amides is 2. The van der Waals surface area contributed by atoms with Gasteiger partial charge in [0.2, 0.25) is 0 Å². The molecule has 0 bridgehead atoms. The van der Waals surface area contributed by atoms with E-state index in [1.807, 2.05) is 31.2 Å². The minimum absolute atomic E-state index is 0. The zero-order chi connectivity index (χ0) is 29.7. The summed E-state index contributed by atoms with van der Waals surface area (Å²) < 4.78 is 5.77. The molecule has 230 valence electrons. The fourth-order valence-electron chi connectivity index (χ4n) is 3.97. The lowest BCUT2D eigenvalue weighted by Gasteiger charge is -2.11. The van der Waals surface area contributed by atoms with Gasteiger partial charge >= 0.3 is 11.9 Å². The van der Waals surface area contributed by atoms with Gasteiger partial charge in [0.25, 0.3) is 11.8 Å². The predicted molar refractivity (Wildman–Crippen MR) is 169 cm³/mol. The number of hydrogen-bond donors (Lipinski definition) is 4. The van der Waals surface area contributed by atoms with Gasteiger partial charge in [-0.05, 0) is 67.6 Å². The van der Waals surface area contributed by atoms with Crippen LogP contribution in [0.4, 0.5) is 5.69 Å². The summed E-state index contributed by atoms with van der Waals surface area (Å²) >= 11 is 0. The molecule has 4 rings (SSSR count). The summed E-state index contributed by atoms with van der Waals surface area (Å²) in [5, 5.41) is 24.2. The van der Waals surface area contributed by atoms with Crippen molar-refractivity contribution in [1.29, 1.82) is 0 Å². The number of benzene rings is 4. The highest BCUT2D eigenvalue weighted by molar-refractivity contribution is 6.15. The van der Waals surface area contributed by atoms with E-state index in [0.717, 1.165) is 17.7 Å². The van der Waals surface area contributed by atoms with Gasteiger partial charge in [-0.2, -0.15) is 0 Å². The van der Waals surface area contributed by atoms with E-state index >= 15 is 0 Å². The first-order valence-corrected chi connectivity index (χ1v) is 12.2. The Morgan fingerprint density at radius 2 is 1.02 bits per heavy atom. The van der Waals surface area contributed by atoms with Crippen molar-refractivity contribution in [2.45, 2.75) is 29.2 Å². The van der Waals surface area contributed by atoms with E-state index in [0.29, 0.717) is 17.2 Å². The van der Waals surface area contributed by atoms with Gasteiger partial charge in [-0.1, -0.05) is 52.1 Å². The van der Waals surface area contributed by atoms with Crippen molar-refractivity contribution in [2.75, 3.05) is 12.4 Å². The van der Waals surface area contributed by atoms with Crippen LogP contribution in [0.1, 0.15) is 85.2 Å². The van der Waals surface area contributed by atoms with Gasteiger partial charge in [0, 0.05) is 23.9 Å². The Hall–Kier alpha value is -5.77. The zero-order valence-electron chi connectivity index (χ0n) is 21.9. The van der Waals surface area contributed by atoms with Crippen molar-refractivity contribution < 1.29 is 38.9 Å². The third-order valence-corrected chi connectivity index (χ3v) is 6.11. The highest BCUT2D eigenvalue weighted by atomic mass is 16.5. The van der Waals surface area contributed by atoms with Crippen molar-refractivity contribution in [2.24, 2.45) is 0 Å². The van der Waals surface area contributed by atoms with Crippen LogP contribution in [0.3, 0.4) is 0 Å². The molecule has 0 aliphatic heterocycles. The molecule has 4 aromatic carbocycles. The van der Waals surface area contributed by atoms with Crippen LogP contribution < -0.4 is 15.4 Å². The molecule has 4 aromatic rings. The Bertz CT molecular complexity index is 1680. The van der Waals surface area contributed by atoms with Crippen molar-refractivity contribution in [3.05, 3.63) is 124 Å². The topological polar surface area (TPSA) is 159 Å². The van der Waals surface area contributed by atoms with Gasteiger partial charge in [-0.3, -0.25) is 14.4 Å². The lowest BCUT2D eigenvalue weighted by Crippen LogP contribution is -2.21. The molecule has 10 heteroatoms. The van der Waals surface area contributed by atoms with Gasteiger partial charge < -0.3 is 25.6 Å². The molecular formula is C34H36N2O8. The van der Waals surface area contributed by atoms with Crippen LogP contribution in [0, 0.1) is 6.92 Å².